The molecule has 0 saturated carbocycles. The number of nitrogens with two attached hydrogens (primary N) is 1. The Morgan fingerprint density at radius 2 is 1.65 bits per heavy atom. The van der Waals surface area contributed by atoms with E-state index in [4.69, 9.17) is 15.2 Å². The summed E-state index contributed by atoms with van der Waals surface area (Å²) in [4.78, 5) is 35.1. The average Bonchev–Trinajstić information content (AvgIpc) is 2.93. The van der Waals surface area contributed by atoms with Crippen LogP contribution in [-0.2, 0) is 16.1 Å². The van der Waals surface area contributed by atoms with Gasteiger partial charge >= 0.3 is 12.1 Å². The van der Waals surface area contributed by atoms with E-state index < -0.39 is 22.8 Å². The van der Waals surface area contributed by atoms with Crippen molar-refractivity contribution in [3.63, 3.8) is 0 Å². The number of unbranched alkanes of at least 4 members (excludes halogenated alkanes) is 1. The van der Waals surface area contributed by atoms with Crippen LogP contribution in [0.3, 0.4) is 0 Å². The SMILES string of the molecule is COC(=O)c1cc(F)c(NCCCNCCCCNCCCN)cc1NC(=O)OCc1ccc([N+](=O)[O-])c(C)c1. The van der Waals surface area contributed by atoms with E-state index in [1.165, 1.54) is 18.2 Å². The van der Waals surface area contributed by atoms with Crippen LogP contribution in [0.25, 0.3) is 0 Å². The molecular formula is C27H39FN6O6. The van der Waals surface area contributed by atoms with Crippen molar-refractivity contribution in [3.8, 4) is 0 Å². The summed E-state index contributed by atoms with van der Waals surface area (Å²) in [7, 11) is 1.15. The average molecular weight is 563 g/mol. The largest absolute Gasteiger partial charge is 0.465 e. The second kappa shape index (κ2) is 17.7. The van der Waals surface area contributed by atoms with Gasteiger partial charge in [-0.05, 0) is 95.2 Å². The van der Waals surface area contributed by atoms with E-state index >= 15 is 0 Å². The molecule has 2 aromatic carbocycles. The van der Waals surface area contributed by atoms with Crippen molar-refractivity contribution in [2.75, 3.05) is 57.0 Å². The van der Waals surface area contributed by atoms with Crippen LogP contribution in [0, 0.1) is 22.9 Å². The summed E-state index contributed by atoms with van der Waals surface area (Å²) in [6.07, 6.45) is 2.92. The maximum Gasteiger partial charge on any atom is 0.411 e. The highest BCUT2D eigenvalue weighted by Crippen LogP contribution is 2.26. The van der Waals surface area contributed by atoms with E-state index in [1.54, 1.807) is 13.0 Å². The number of nitro benzene ring substituents is 1. The van der Waals surface area contributed by atoms with Crippen LogP contribution in [-0.4, -0.2) is 63.4 Å². The number of hydrogen-bond donors (Lipinski definition) is 5. The molecule has 0 aliphatic carbocycles. The van der Waals surface area contributed by atoms with Gasteiger partial charge in [-0.15, -0.1) is 0 Å². The molecule has 0 fully saturated rings. The first kappa shape index (κ1) is 32.4. The number of carbonyl (C=O) groups is 2. The molecule has 2 aromatic rings. The van der Waals surface area contributed by atoms with E-state index in [1.807, 2.05) is 0 Å². The molecule has 2 rings (SSSR count). The monoisotopic (exact) mass is 562 g/mol. The van der Waals surface area contributed by atoms with Crippen molar-refractivity contribution in [1.82, 2.24) is 10.6 Å². The summed E-state index contributed by atoms with van der Waals surface area (Å²) in [5, 5.41) is 23.1. The lowest BCUT2D eigenvalue weighted by molar-refractivity contribution is -0.385. The molecule has 0 spiro atoms. The highest BCUT2D eigenvalue weighted by Gasteiger charge is 2.19. The summed E-state index contributed by atoms with van der Waals surface area (Å²) in [6.45, 7) is 6.10. The van der Waals surface area contributed by atoms with Crippen molar-refractivity contribution in [2.24, 2.45) is 5.73 Å². The van der Waals surface area contributed by atoms with Crippen molar-refractivity contribution in [3.05, 3.63) is 63.0 Å². The fourth-order valence-corrected chi connectivity index (χ4v) is 3.81. The zero-order chi connectivity index (χ0) is 29.3. The third-order valence-electron chi connectivity index (χ3n) is 5.94. The lowest BCUT2D eigenvalue weighted by Crippen LogP contribution is -2.22. The van der Waals surface area contributed by atoms with E-state index in [2.05, 4.69) is 21.3 Å². The van der Waals surface area contributed by atoms with Crippen LogP contribution in [0.15, 0.2) is 30.3 Å². The molecule has 0 aliphatic rings. The van der Waals surface area contributed by atoms with Crippen molar-refractivity contribution in [2.45, 2.75) is 39.2 Å². The first-order valence-electron chi connectivity index (χ1n) is 13.2. The molecule has 0 saturated heterocycles. The third kappa shape index (κ3) is 11.1. The highest BCUT2D eigenvalue weighted by molar-refractivity contribution is 6.00. The maximum absolute atomic E-state index is 14.7. The maximum atomic E-state index is 14.7. The predicted octanol–water partition coefficient (Wildman–Crippen LogP) is 3.69. The second-order valence-electron chi connectivity index (χ2n) is 9.08. The molecule has 0 bridgehead atoms. The number of rotatable bonds is 18. The number of nitro groups is 1. The van der Waals surface area contributed by atoms with Crippen LogP contribution in [0.4, 0.5) is 26.2 Å². The molecule has 0 unspecified atom stereocenters. The van der Waals surface area contributed by atoms with Gasteiger partial charge in [0.1, 0.15) is 12.4 Å². The fraction of sp³-hybridized carbons (Fsp3) is 0.481. The summed E-state index contributed by atoms with van der Waals surface area (Å²) >= 11 is 0. The Kier molecular flexibility index (Phi) is 14.3. The Labute approximate surface area is 233 Å². The molecule has 0 radical (unpaired) electrons. The zero-order valence-electron chi connectivity index (χ0n) is 23.0. The Hall–Kier alpha value is -3.81. The van der Waals surface area contributed by atoms with Gasteiger partial charge in [0, 0.05) is 18.2 Å². The van der Waals surface area contributed by atoms with E-state index in [0.717, 1.165) is 65.0 Å². The molecule has 0 heterocycles. The van der Waals surface area contributed by atoms with Gasteiger partial charge in [-0.2, -0.15) is 0 Å². The molecule has 6 N–H and O–H groups in total. The normalized spacial score (nSPS) is 10.7. The van der Waals surface area contributed by atoms with Gasteiger partial charge in [0.15, 0.2) is 0 Å². The minimum Gasteiger partial charge on any atom is -0.465 e. The van der Waals surface area contributed by atoms with E-state index in [-0.39, 0.29) is 29.2 Å². The Balaban J connectivity index is 1.86. The van der Waals surface area contributed by atoms with Crippen LogP contribution in [0.2, 0.25) is 0 Å². The number of benzene rings is 2. The molecule has 220 valence electrons. The van der Waals surface area contributed by atoms with Crippen molar-refractivity contribution < 1.29 is 28.4 Å². The number of hydrogen-bond acceptors (Lipinski definition) is 10. The molecule has 1 amide bonds. The predicted molar refractivity (Wildman–Crippen MR) is 151 cm³/mol. The van der Waals surface area contributed by atoms with Gasteiger partial charge in [-0.25, -0.2) is 14.0 Å². The summed E-state index contributed by atoms with van der Waals surface area (Å²) in [5.41, 5.74) is 6.33. The molecule has 13 heteroatoms. The Morgan fingerprint density at radius 3 is 2.27 bits per heavy atom. The number of amides is 1. The lowest BCUT2D eigenvalue weighted by atomic mass is 10.1. The van der Waals surface area contributed by atoms with Crippen LogP contribution in [0.1, 0.15) is 47.2 Å². The molecule has 0 aromatic heterocycles. The zero-order valence-corrected chi connectivity index (χ0v) is 23.0. The van der Waals surface area contributed by atoms with Gasteiger partial charge in [-0.3, -0.25) is 15.4 Å². The summed E-state index contributed by atoms with van der Waals surface area (Å²) in [5.74, 6) is -1.50. The molecular weight excluding hydrogens is 523 g/mol. The minimum atomic E-state index is -0.891. The number of aryl methyl sites for hydroxylation is 1. The van der Waals surface area contributed by atoms with Gasteiger partial charge in [0.25, 0.3) is 5.69 Å². The highest BCUT2D eigenvalue weighted by atomic mass is 19.1. The minimum absolute atomic E-state index is 0.0128. The van der Waals surface area contributed by atoms with Crippen LogP contribution >= 0.6 is 0 Å². The Bertz CT molecular complexity index is 1130. The summed E-state index contributed by atoms with van der Waals surface area (Å²) < 4.78 is 24.6. The number of carbonyl (C=O) groups excluding carboxylic acids is 2. The fourth-order valence-electron chi connectivity index (χ4n) is 3.81. The summed E-state index contributed by atoms with van der Waals surface area (Å²) in [6, 6.07) is 6.66. The van der Waals surface area contributed by atoms with Crippen molar-refractivity contribution >= 4 is 29.1 Å². The second-order valence-corrected chi connectivity index (χ2v) is 9.08. The molecule has 0 atom stereocenters. The number of nitrogens with zero attached hydrogens (tertiary/aromatic N) is 1. The number of anilines is 2. The van der Waals surface area contributed by atoms with Crippen LogP contribution in [0.5, 0.6) is 0 Å². The smallest absolute Gasteiger partial charge is 0.411 e. The van der Waals surface area contributed by atoms with Gasteiger partial charge in [0.2, 0.25) is 0 Å². The topological polar surface area (TPSA) is 170 Å². The number of esters is 1. The number of methoxy groups -OCH3 is 1. The number of halogens is 1. The molecule has 40 heavy (non-hydrogen) atoms. The first-order valence-corrected chi connectivity index (χ1v) is 13.2. The first-order chi connectivity index (χ1) is 19.3. The molecule has 0 aliphatic heterocycles. The molecule has 12 nitrogen and oxygen atoms in total. The number of ether oxygens (including phenoxy) is 2. The third-order valence-corrected chi connectivity index (χ3v) is 5.94. The van der Waals surface area contributed by atoms with Gasteiger partial charge < -0.3 is 31.2 Å². The number of nitrogens with one attached hydrogen (secondary N) is 4. The quantitative estimate of drug-likeness (QED) is 0.0781. The van der Waals surface area contributed by atoms with Crippen molar-refractivity contribution in [1.29, 1.82) is 0 Å². The van der Waals surface area contributed by atoms with Gasteiger partial charge in [0.05, 0.1) is 29.0 Å². The van der Waals surface area contributed by atoms with E-state index in [0.29, 0.717) is 24.2 Å². The lowest BCUT2D eigenvalue weighted by Gasteiger charge is -2.14. The Morgan fingerprint density at radius 1 is 0.975 bits per heavy atom. The van der Waals surface area contributed by atoms with Gasteiger partial charge in [-0.1, -0.05) is 0 Å². The van der Waals surface area contributed by atoms with Crippen LogP contribution < -0.4 is 27.0 Å². The standard InChI is InChI=1S/C27H39FN6O6/c1-19-15-20(7-8-25(19)34(37)38)18-40-27(36)33-23-17-24(22(28)16-21(23)26(35)39-2)32-14-6-13-31-11-4-3-10-30-12-5-9-29/h7-8,15-17,30-32H,3-6,9-14,18,29H2,1-2H3,(H,33,36). The van der Waals surface area contributed by atoms with E-state index in [9.17, 15) is 24.1 Å².